The lowest BCUT2D eigenvalue weighted by Crippen LogP contribution is -2.38. The van der Waals surface area contributed by atoms with Crippen LogP contribution in [-0.4, -0.2) is 10.8 Å². The summed E-state index contributed by atoms with van der Waals surface area (Å²) in [5.74, 6) is -0.00817. The molecule has 1 atom stereocenters. The first-order chi connectivity index (χ1) is 11.5. The van der Waals surface area contributed by atoms with Gasteiger partial charge in [0.05, 0.1) is 21.0 Å². The van der Waals surface area contributed by atoms with E-state index in [2.05, 4.69) is 0 Å². The van der Waals surface area contributed by atoms with E-state index in [9.17, 15) is 14.9 Å². The molecule has 1 saturated heterocycles. The number of hydrogen-bond acceptors (Lipinski definition) is 3. The van der Waals surface area contributed by atoms with Crippen LogP contribution in [0.1, 0.15) is 30.9 Å². The van der Waals surface area contributed by atoms with Crippen LogP contribution < -0.4 is 4.90 Å². The molecule has 24 heavy (non-hydrogen) atoms. The van der Waals surface area contributed by atoms with Gasteiger partial charge in [0.1, 0.15) is 0 Å². The zero-order valence-electron chi connectivity index (χ0n) is 12.6. The molecule has 0 radical (unpaired) electrons. The number of benzene rings is 2. The number of carbonyl (C=O) groups is 1. The van der Waals surface area contributed by atoms with Gasteiger partial charge in [-0.1, -0.05) is 29.3 Å². The number of nitro benzene ring substituents is 1. The molecule has 7 heteroatoms. The van der Waals surface area contributed by atoms with Crippen molar-refractivity contribution in [3.05, 3.63) is 68.2 Å². The van der Waals surface area contributed by atoms with E-state index in [1.807, 2.05) is 6.07 Å². The molecule has 1 aliphatic heterocycles. The third kappa shape index (κ3) is 3.23. The number of halogens is 2. The molecule has 1 aliphatic rings. The lowest BCUT2D eigenvalue weighted by atomic mass is 9.94. The van der Waals surface area contributed by atoms with Crippen molar-refractivity contribution in [2.45, 2.75) is 25.3 Å². The van der Waals surface area contributed by atoms with Crippen LogP contribution in [0.25, 0.3) is 0 Å². The van der Waals surface area contributed by atoms with Crippen molar-refractivity contribution in [1.82, 2.24) is 0 Å². The highest BCUT2D eigenvalue weighted by molar-refractivity contribution is 6.42. The number of non-ortho nitro benzene ring substituents is 1. The summed E-state index contributed by atoms with van der Waals surface area (Å²) in [5, 5.41) is 11.7. The van der Waals surface area contributed by atoms with Crippen LogP contribution in [0, 0.1) is 10.1 Å². The van der Waals surface area contributed by atoms with Gasteiger partial charge in [0.15, 0.2) is 0 Å². The van der Waals surface area contributed by atoms with E-state index in [0.29, 0.717) is 22.2 Å². The molecule has 1 heterocycles. The predicted octanol–water partition coefficient (Wildman–Crippen LogP) is 5.16. The third-order valence-corrected chi connectivity index (χ3v) is 4.85. The molecule has 1 amide bonds. The fraction of sp³-hybridized carbons (Fsp3) is 0.235. The maximum Gasteiger partial charge on any atom is 0.269 e. The SMILES string of the molecule is O=C1CCCC(c2ccc(Cl)c(Cl)c2)N1c1ccc([N+](=O)[O-])cc1. The fourth-order valence-corrected chi connectivity index (χ4v) is 3.27. The highest BCUT2D eigenvalue weighted by atomic mass is 35.5. The van der Waals surface area contributed by atoms with Gasteiger partial charge in [-0.2, -0.15) is 0 Å². The fourth-order valence-electron chi connectivity index (χ4n) is 2.96. The summed E-state index contributed by atoms with van der Waals surface area (Å²) in [4.78, 5) is 24.5. The van der Waals surface area contributed by atoms with Gasteiger partial charge < -0.3 is 4.90 Å². The number of rotatable bonds is 3. The highest BCUT2D eigenvalue weighted by Gasteiger charge is 2.31. The van der Waals surface area contributed by atoms with Crippen molar-refractivity contribution in [1.29, 1.82) is 0 Å². The van der Waals surface area contributed by atoms with E-state index < -0.39 is 4.92 Å². The van der Waals surface area contributed by atoms with Crippen LogP contribution in [0.15, 0.2) is 42.5 Å². The lowest BCUT2D eigenvalue weighted by molar-refractivity contribution is -0.384. The summed E-state index contributed by atoms with van der Waals surface area (Å²) >= 11 is 12.1. The number of nitrogens with zero attached hydrogens (tertiary/aromatic N) is 2. The highest BCUT2D eigenvalue weighted by Crippen LogP contribution is 2.38. The van der Waals surface area contributed by atoms with Crippen LogP contribution in [0.4, 0.5) is 11.4 Å². The predicted molar refractivity (Wildman–Crippen MR) is 93.6 cm³/mol. The van der Waals surface area contributed by atoms with Gasteiger partial charge >= 0.3 is 0 Å². The van der Waals surface area contributed by atoms with Gasteiger partial charge in [-0.3, -0.25) is 14.9 Å². The molecular weight excluding hydrogens is 351 g/mol. The summed E-state index contributed by atoms with van der Waals surface area (Å²) in [7, 11) is 0. The number of amides is 1. The molecule has 1 unspecified atom stereocenters. The number of hydrogen-bond donors (Lipinski definition) is 0. The Morgan fingerprint density at radius 2 is 1.79 bits per heavy atom. The molecule has 5 nitrogen and oxygen atoms in total. The second-order valence-corrected chi connectivity index (χ2v) is 6.43. The van der Waals surface area contributed by atoms with Crippen molar-refractivity contribution < 1.29 is 9.72 Å². The van der Waals surface area contributed by atoms with E-state index in [4.69, 9.17) is 23.2 Å². The molecule has 0 aromatic heterocycles. The first-order valence-corrected chi connectivity index (χ1v) is 8.24. The monoisotopic (exact) mass is 364 g/mol. The summed E-state index contributed by atoms with van der Waals surface area (Å²) in [6, 6.07) is 11.2. The Morgan fingerprint density at radius 3 is 2.42 bits per heavy atom. The molecule has 0 bridgehead atoms. The first kappa shape index (κ1) is 16.7. The molecule has 2 aromatic rings. The maximum absolute atomic E-state index is 12.5. The summed E-state index contributed by atoms with van der Waals surface area (Å²) in [6.45, 7) is 0. The third-order valence-electron chi connectivity index (χ3n) is 4.12. The Balaban J connectivity index is 1.99. The standard InChI is InChI=1S/C17H14Cl2N2O3/c18-14-9-4-11(10-15(14)19)16-2-1-3-17(22)20(16)12-5-7-13(8-6-12)21(23)24/h4-10,16H,1-3H2. The second-order valence-electron chi connectivity index (χ2n) is 5.62. The average molecular weight is 365 g/mol. The Bertz CT molecular complexity index is 793. The first-order valence-electron chi connectivity index (χ1n) is 7.49. The molecule has 3 rings (SSSR count). The van der Waals surface area contributed by atoms with Crippen molar-refractivity contribution in [3.63, 3.8) is 0 Å². The normalized spacial score (nSPS) is 17.8. The van der Waals surface area contributed by atoms with Crippen LogP contribution in [0.5, 0.6) is 0 Å². The Morgan fingerprint density at radius 1 is 1.08 bits per heavy atom. The second kappa shape index (κ2) is 6.79. The smallest absolute Gasteiger partial charge is 0.269 e. The minimum absolute atomic E-state index is 0.00528. The zero-order chi connectivity index (χ0) is 17.3. The largest absolute Gasteiger partial charge is 0.305 e. The molecule has 124 valence electrons. The molecule has 0 N–H and O–H groups in total. The number of carbonyl (C=O) groups excluding carboxylic acids is 1. The van der Waals surface area contributed by atoms with Crippen LogP contribution >= 0.6 is 23.2 Å². The number of anilines is 1. The van der Waals surface area contributed by atoms with Gasteiger partial charge in [-0.05, 0) is 42.7 Å². The minimum Gasteiger partial charge on any atom is -0.305 e. The van der Waals surface area contributed by atoms with Gasteiger partial charge in [-0.25, -0.2) is 0 Å². The van der Waals surface area contributed by atoms with E-state index in [1.54, 1.807) is 29.2 Å². The average Bonchev–Trinajstić information content (AvgIpc) is 2.57. The van der Waals surface area contributed by atoms with Crippen molar-refractivity contribution >= 4 is 40.5 Å². The molecule has 1 fully saturated rings. The molecule has 2 aromatic carbocycles. The molecular formula is C17H14Cl2N2O3. The quantitative estimate of drug-likeness (QED) is 0.558. The van der Waals surface area contributed by atoms with E-state index >= 15 is 0 Å². The van der Waals surface area contributed by atoms with Gasteiger partial charge in [0.2, 0.25) is 5.91 Å². The van der Waals surface area contributed by atoms with E-state index in [0.717, 1.165) is 18.4 Å². The van der Waals surface area contributed by atoms with Gasteiger partial charge in [0.25, 0.3) is 5.69 Å². The van der Waals surface area contributed by atoms with Crippen molar-refractivity contribution in [3.8, 4) is 0 Å². The van der Waals surface area contributed by atoms with Crippen molar-refractivity contribution in [2.75, 3.05) is 4.90 Å². The van der Waals surface area contributed by atoms with Crippen LogP contribution in [-0.2, 0) is 4.79 Å². The summed E-state index contributed by atoms with van der Waals surface area (Å²) in [6.07, 6.45) is 2.03. The topological polar surface area (TPSA) is 63.5 Å². The maximum atomic E-state index is 12.5. The molecule has 0 saturated carbocycles. The van der Waals surface area contributed by atoms with E-state index in [-0.39, 0.29) is 17.6 Å². The number of piperidine rings is 1. The van der Waals surface area contributed by atoms with Crippen LogP contribution in [0.3, 0.4) is 0 Å². The molecule has 0 spiro atoms. The summed E-state index contributed by atoms with van der Waals surface area (Å²) < 4.78 is 0. The summed E-state index contributed by atoms with van der Waals surface area (Å²) in [5.41, 5.74) is 1.53. The zero-order valence-corrected chi connectivity index (χ0v) is 14.1. The van der Waals surface area contributed by atoms with E-state index in [1.165, 1.54) is 12.1 Å². The van der Waals surface area contributed by atoms with Crippen molar-refractivity contribution in [2.24, 2.45) is 0 Å². The Hall–Kier alpha value is -2.11. The lowest BCUT2D eigenvalue weighted by Gasteiger charge is -2.36. The Kier molecular flexibility index (Phi) is 4.73. The number of nitro groups is 1. The molecule has 0 aliphatic carbocycles. The van der Waals surface area contributed by atoms with Crippen LogP contribution in [0.2, 0.25) is 10.0 Å². The Labute approximate surface area is 148 Å². The van der Waals surface area contributed by atoms with Gasteiger partial charge in [0, 0.05) is 24.2 Å². The minimum atomic E-state index is -0.460. The van der Waals surface area contributed by atoms with Gasteiger partial charge in [-0.15, -0.1) is 0 Å².